The number of fused-ring (bicyclic) bond motifs is 2. The first-order valence-electron chi connectivity index (χ1n) is 11.0. The number of rotatable bonds is 6. The monoisotopic (exact) mass is 449 g/mol. The molecule has 0 spiro atoms. The molecule has 4 aromatic rings. The summed E-state index contributed by atoms with van der Waals surface area (Å²) in [6.07, 6.45) is 4.40. The van der Waals surface area contributed by atoms with E-state index in [0.29, 0.717) is 32.6 Å². The average Bonchev–Trinajstić information content (AvgIpc) is 3.37. The molecule has 5 rings (SSSR count). The van der Waals surface area contributed by atoms with Crippen molar-refractivity contribution < 1.29 is 13.6 Å². The van der Waals surface area contributed by atoms with Crippen LogP contribution in [0.2, 0.25) is 0 Å². The molecular weight excluding hydrogens is 424 g/mol. The predicted molar refractivity (Wildman–Crippen MR) is 121 cm³/mol. The second-order valence-electron chi connectivity index (χ2n) is 8.61. The molecule has 6 nitrogen and oxygen atoms in total. The fourth-order valence-electron chi connectivity index (χ4n) is 4.60. The van der Waals surface area contributed by atoms with Crippen LogP contribution in [0.15, 0.2) is 54.9 Å². The van der Waals surface area contributed by atoms with Crippen LogP contribution >= 0.6 is 0 Å². The lowest BCUT2D eigenvalue weighted by atomic mass is 9.95. The van der Waals surface area contributed by atoms with E-state index in [1.807, 2.05) is 19.4 Å². The summed E-state index contributed by atoms with van der Waals surface area (Å²) in [4.78, 5) is 18.5. The Labute approximate surface area is 190 Å². The summed E-state index contributed by atoms with van der Waals surface area (Å²) in [5.74, 6) is -1.01. The molecule has 1 aliphatic heterocycles. The van der Waals surface area contributed by atoms with Crippen LogP contribution in [-0.2, 0) is 31.4 Å². The minimum Gasteiger partial charge on any atom is -0.361 e. The molecule has 170 valence electrons. The Bertz CT molecular complexity index is 1290. The van der Waals surface area contributed by atoms with E-state index < -0.39 is 5.92 Å². The maximum absolute atomic E-state index is 13.6. The first-order chi connectivity index (χ1) is 16.0. The van der Waals surface area contributed by atoms with E-state index in [0.717, 1.165) is 33.3 Å². The van der Waals surface area contributed by atoms with Crippen molar-refractivity contribution in [3.8, 4) is 0 Å². The number of amides is 1. The third kappa shape index (κ3) is 4.52. The number of H-pyrrole nitrogens is 1. The number of aromatic amines is 1. The summed E-state index contributed by atoms with van der Waals surface area (Å²) in [5.41, 5.74) is 4.66. The van der Waals surface area contributed by atoms with Gasteiger partial charge in [0, 0.05) is 62.1 Å². The third-order valence-corrected chi connectivity index (χ3v) is 6.16. The van der Waals surface area contributed by atoms with Crippen LogP contribution in [0.5, 0.6) is 0 Å². The maximum Gasteiger partial charge on any atom is 0.230 e. The summed E-state index contributed by atoms with van der Waals surface area (Å²) < 4.78 is 28.6. The third-order valence-electron chi connectivity index (χ3n) is 6.16. The molecule has 1 aliphatic rings. The van der Waals surface area contributed by atoms with Gasteiger partial charge in [0.15, 0.2) is 0 Å². The van der Waals surface area contributed by atoms with E-state index >= 15 is 0 Å². The van der Waals surface area contributed by atoms with Gasteiger partial charge in [0.05, 0.1) is 11.6 Å². The maximum atomic E-state index is 13.6. The van der Waals surface area contributed by atoms with Gasteiger partial charge in [-0.05, 0) is 47.9 Å². The second kappa shape index (κ2) is 8.78. The van der Waals surface area contributed by atoms with Crippen molar-refractivity contribution in [3.63, 3.8) is 0 Å². The Morgan fingerprint density at radius 2 is 1.97 bits per heavy atom. The Balaban J connectivity index is 1.27. The van der Waals surface area contributed by atoms with Gasteiger partial charge in [0.25, 0.3) is 0 Å². The Morgan fingerprint density at radius 1 is 1.18 bits per heavy atom. The van der Waals surface area contributed by atoms with E-state index in [1.54, 1.807) is 22.9 Å². The normalized spacial score (nSPS) is 16.2. The number of benzene rings is 2. The number of carbonyl (C=O) groups is 1. The first-order valence-corrected chi connectivity index (χ1v) is 11.0. The molecule has 1 amide bonds. The minimum absolute atomic E-state index is 0.0789. The van der Waals surface area contributed by atoms with E-state index in [-0.39, 0.29) is 17.5 Å². The molecule has 0 saturated carbocycles. The molecule has 0 aliphatic carbocycles. The van der Waals surface area contributed by atoms with E-state index in [9.17, 15) is 13.6 Å². The van der Waals surface area contributed by atoms with Crippen LogP contribution in [0.3, 0.4) is 0 Å². The van der Waals surface area contributed by atoms with Gasteiger partial charge in [-0.1, -0.05) is 12.1 Å². The van der Waals surface area contributed by atoms with Crippen LogP contribution in [0.25, 0.3) is 10.9 Å². The fraction of sp³-hybridized carbons (Fsp3) is 0.280. The van der Waals surface area contributed by atoms with Crippen LogP contribution in [0.4, 0.5) is 8.78 Å². The molecule has 2 aromatic heterocycles. The number of carbonyl (C=O) groups excluding carboxylic acids is 1. The summed E-state index contributed by atoms with van der Waals surface area (Å²) in [6.45, 7) is 2.29. The van der Waals surface area contributed by atoms with Crippen molar-refractivity contribution in [1.29, 1.82) is 0 Å². The largest absolute Gasteiger partial charge is 0.361 e. The van der Waals surface area contributed by atoms with E-state index in [2.05, 4.69) is 20.3 Å². The number of nitrogens with zero attached hydrogens (tertiary/aromatic N) is 3. The van der Waals surface area contributed by atoms with Gasteiger partial charge in [-0.3, -0.25) is 14.4 Å². The lowest BCUT2D eigenvalue weighted by Gasteiger charge is -2.31. The molecule has 0 radical (unpaired) electrons. The molecule has 2 aromatic carbocycles. The van der Waals surface area contributed by atoms with E-state index in [4.69, 9.17) is 0 Å². The standard InChI is InChI=1S/C25H25F2N5O/c1-31-13-18-14-32(12-16-2-4-19(26)5-3-16)15-22(24(18)30-31)25(33)28-9-8-17-11-29-23-7-6-20(27)10-21(17)23/h2-7,10-11,13,22,29H,8-9,12,14-15H2,1H3,(H,28,33). The number of aromatic nitrogens is 3. The van der Waals surface area contributed by atoms with Gasteiger partial charge in [-0.2, -0.15) is 5.10 Å². The summed E-state index contributed by atoms with van der Waals surface area (Å²) >= 11 is 0. The zero-order chi connectivity index (χ0) is 22.9. The predicted octanol–water partition coefficient (Wildman–Crippen LogP) is 3.64. The van der Waals surface area contributed by atoms with Gasteiger partial charge < -0.3 is 10.3 Å². The van der Waals surface area contributed by atoms with Crippen LogP contribution in [-0.4, -0.2) is 38.7 Å². The lowest BCUT2D eigenvalue weighted by molar-refractivity contribution is -0.123. The summed E-state index contributed by atoms with van der Waals surface area (Å²) in [7, 11) is 1.85. The van der Waals surface area contributed by atoms with Crippen LogP contribution < -0.4 is 5.32 Å². The zero-order valence-electron chi connectivity index (χ0n) is 18.3. The first kappa shape index (κ1) is 21.3. The van der Waals surface area contributed by atoms with Gasteiger partial charge in [-0.15, -0.1) is 0 Å². The Hall–Kier alpha value is -3.52. The SMILES string of the molecule is Cn1cc2c(n1)C(C(=O)NCCc1c[nH]c3ccc(F)cc13)CN(Cc1ccc(F)cc1)C2. The fourth-order valence-corrected chi connectivity index (χ4v) is 4.60. The number of hydrogen-bond donors (Lipinski definition) is 2. The van der Waals surface area contributed by atoms with Crippen LogP contribution in [0, 0.1) is 11.6 Å². The van der Waals surface area contributed by atoms with Crippen molar-refractivity contribution in [2.75, 3.05) is 13.1 Å². The van der Waals surface area contributed by atoms with Gasteiger partial charge in [-0.25, -0.2) is 8.78 Å². The molecule has 33 heavy (non-hydrogen) atoms. The molecule has 0 bridgehead atoms. The number of aryl methyl sites for hydroxylation is 1. The summed E-state index contributed by atoms with van der Waals surface area (Å²) in [5, 5.41) is 8.42. The van der Waals surface area contributed by atoms with Crippen molar-refractivity contribution in [3.05, 3.63) is 88.9 Å². The topological polar surface area (TPSA) is 66.0 Å². The van der Waals surface area contributed by atoms with Crippen LogP contribution in [0.1, 0.15) is 28.3 Å². The number of nitrogens with one attached hydrogen (secondary N) is 2. The highest BCUT2D eigenvalue weighted by molar-refractivity contribution is 5.85. The molecule has 1 unspecified atom stereocenters. The highest BCUT2D eigenvalue weighted by Crippen LogP contribution is 2.28. The lowest BCUT2D eigenvalue weighted by Crippen LogP contribution is -2.41. The Morgan fingerprint density at radius 3 is 2.79 bits per heavy atom. The number of hydrogen-bond acceptors (Lipinski definition) is 3. The molecule has 1 atom stereocenters. The smallest absolute Gasteiger partial charge is 0.230 e. The zero-order valence-corrected chi connectivity index (χ0v) is 18.3. The highest BCUT2D eigenvalue weighted by Gasteiger charge is 2.33. The van der Waals surface area contributed by atoms with Crippen molar-refractivity contribution >= 4 is 16.8 Å². The van der Waals surface area contributed by atoms with Crippen molar-refractivity contribution in [1.82, 2.24) is 25.0 Å². The molecular formula is C25H25F2N5O. The quantitative estimate of drug-likeness (QED) is 0.472. The Kier molecular flexibility index (Phi) is 5.68. The molecule has 0 saturated heterocycles. The van der Waals surface area contributed by atoms with E-state index in [1.165, 1.54) is 24.3 Å². The van der Waals surface area contributed by atoms with Gasteiger partial charge >= 0.3 is 0 Å². The highest BCUT2D eigenvalue weighted by atomic mass is 19.1. The molecule has 3 heterocycles. The second-order valence-corrected chi connectivity index (χ2v) is 8.61. The molecule has 8 heteroatoms. The average molecular weight is 450 g/mol. The number of halogens is 2. The van der Waals surface area contributed by atoms with Crippen molar-refractivity contribution in [2.45, 2.75) is 25.4 Å². The molecule has 0 fully saturated rings. The molecule has 2 N–H and O–H groups in total. The van der Waals surface area contributed by atoms with Gasteiger partial charge in [0.2, 0.25) is 5.91 Å². The van der Waals surface area contributed by atoms with Crippen molar-refractivity contribution in [2.24, 2.45) is 7.05 Å². The summed E-state index contributed by atoms with van der Waals surface area (Å²) in [6, 6.07) is 11.1. The van der Waals surface area contributed by atoms with Gasteiger partial charge in [0.1, 0.15) is 11.6 Å². The minimum atomic E-state index is -0.393.